The summed E-state index contributed by atoms with van der Waals surface area (Å²) in [5.41, 5.74) is 2.57. The van der Waals surface area contributed by atoms with Gasteiger partial charge in [-0.1, -0.05) is 36.4 Å². The SMILES string of the molecule is O=C(O)Cc1cc(-c2ccccc2)[o+]c(-c2ccccc2)c1. The lowest BCUT2D eigenvalue weighted by atomic mass is 10.1. The highest BCUT2D eigenvalue weighted by atomic mass is 16.4. The van der Waals surface area contributed by atoms with E-state index < -0.39 is 5.97 Å². The molecular formula is C19H15O3+. The summed E-state index contributed by atoms with van der Waals surface area (Å²) in [6, 6.07) is 22.9. The van der Waals surface area contributed by atoms with E-state index >= 15 is 0 Å². The van der Waals surface area contributed by atoms with Gasteiger partial charge in [-0.15, -0.1) is 0 Å². The van der Waals surface area contributed by atoms with E-state index in [0.717, 1.165) is 16.7 Å². The lowest BCUT2D eigenvalue weighted by Crippen LogP contribution is -2.00. The zero-order chi connectivity index (χ0) is 15.4. The van der Waals surface area contributed by atoms with Crippen LogP contribution in [0.5, 0.6) is 0 Å². The zero-order valence-electron chi connectivity index (χ0n) is 11.9. The molecule has 3 heteroatoms. The van der Waals surface area contributed by atoms with Gasteiger partial charge in [-0.3, -0.25) is 4.79 Å². The lowest BCUT2D eigenvalue weighted by molar-refractivity contribution is -0.136. The molecule has 22 heavy (non-hydrogen) atoms. The number of carboxylic acid groups (broad SMARTS) is 1. The Labute approximate surface area is 128 Å². The van der Waals surface area contributed by atoms with Crippen LogP contribution in [0.2, 0.25) is 0 Å². The lowest BCUT2D eigenvalue weighted by Gasteiger charge is -1.99. The number of carboxylic acids is 1. The van der Waals surface area contributed by atoms with E-state index in [0.29, 0.717) is 11.5 Å². The standard InChI is InChI=1S/C19H14O3/c20-19(21)13-14-11-17(15-7-3-1-4-8-15)22-18(12-14)16-9-5-2-6-10-16/h1-12H,13H2/p+1. The van der Waals surface area contributed by atoms with E-state index in [4.69, 9.17) is 9.52 Å². The molecule has 0 saturated carbocycles. The van der Waals surface area contributed by atoms with Crippen LogP contribution in [0.4, 0.5) is 0 Å². The van der Waals surface area contributed by atoms with Gasteiger partial charge in [0.1, 0.15) is 0 Å². The average molecular weight is 291 g/mol. The summed E-state index contributed by atoms with van der Waals surface area (Å²) in [5.74, 6) is 0.473. The highest BCUT2D eigenvalue weighted by Gasteiger charge is 2.20. The molecule has 108 valence electrons. The summed E-state index contributed by atoms with van der Waals surface area (Å²) in [6.45, 7) is 0. The van der Waals surface area contributed by atoms with Gasteiger partial charge in [0.2, 0.25) is 0 Å². The van der Waals surface area contributed by atoms with Crippen molar-refractivity contribution in [3.63, 3.8) is 0 Å². The zero-order valence-corrected chi connectivity index (χ0v) is 11.9. The van der Waals surface area contributed by atoms with Crippen molar-refractivity contribution in [2.45, 2.75) is 6.42 Å². The number of rotatable bonds is 4. The van der Waals surface area contributed by atoms with Crippen LogP contribution in [-0.2, 0) is 11.2 Å². The summed E-state index contributed by atoms with van der Waals surface area (Å²) in [6.07, 6.45) is -0.0317. The Kier molecular flexibility index (Phi) is 3.97. The van der Waals surface area contributed by atoms with Crippen LogP contribution in [0.25, 0.3) is 22.6 Å². The number of benzene rings is 2. The quantitative estimate of drug-likeness (QED) is 0.719. The first-order valence-electron chi connectivity index (χ1n) is 7.02. The average Bonchev–Trinajstić information content (AvgIpc) is 2.55. The normalized spacial score (nSPS) is 10.4. The maximum atomic E-state index is 11.0. The van der Waals surface area contributed by atoms with E-state index in [-0.39, 0.29) is 6.42 Å². The molecule has 0 unspecified atom stereocenters. The first kappa shape index (κ1) is 14.0. The summed E-state index contributed by atoms with van der Waals surface area (Å²) in [7, 11) is 0. The smallest absolute Gasteiger partial charge is 0.361 e. The first-order valence-corrected chi connectivity index (χ1v) is 7.02. The fourth-order valence-corrected chi connectivity index (χ4v) is 2.32. The Bertz CT molecular complexity index is 723. The molecule has 0 aliphatic carbocycles. The molecule has 0 spiro atoms. The van der Waals surface area contributed by atoms with Crippen LogP contribution < -0.4 is 0 Å². The molecule has 1 aromatic heterocycles. The molecule has 3 nitrogen and oxygen atoms in total. The third kappa shape index (κ3) is 3.20. The Morgan fingerprint density at radius 1 is 0.818 bits per heavy atom. The number of carbonyl (C=O) groups is 1. The summed E-state index contributed by atoms with van der Waals surface area (Å²) in [5, 5.41) is 9.06. The molecule has 3 rings (SSSR count). The summed E-state index contributed by atoms with van der Waals surface area (Å²) >= 11 is 0. The van der Waals surface area contributed by atoms with Crippen LogP contribution >= 0.6 is 0 Å². The Hall–Kier alpha value is -2.94. The number of hydrogen-bond donors (Lipinski definition) is 1. The van der Waals surface area contributed by atoms with Gasteiger partial charge in [0.05, 0.1) is 17.5 Å². The second kappa shape index (κ2) is 6.22. The van der Waals surface area contributed by atoms with E-state index in [1.807, 2.05) is 60.7 Å². The summed E-state index contributed by atoms with van der Waals surface area (Å²) < 4.78 is 5.98. The van der Waals surface area contributed by atoms with Gasteiger partial charge in [-0.2, -0.15) is 0 Å². The molecule has 0 fully saturated rings. The molecule has 0 amide bonds. The van der Waals surface area contributed by atoms with E-state index in [1.54, 1.807) is 12.1 Å². The monoisotopic (exact) mass is 291 g/mol. The van der Waals surface area contributed by atoms with Crippen molar-refractivity contribution >= 4 is 5.97 Å². The predicted octanol–water partition coefficient (Wildman–Crippen LogP) is 4.52. The Balaban J connectivity index is 2.12. The maximum Gasteiger partial charge on any atom is 0.361 e. The van der Waals surface area contributed by atoms with Gasteiger partial charge in [0.15, 0.2) is 0 Å². The molecule has 3 aromatic rings. The second-order valence-corrected chi connectivity index (χ2v) is 5.00. The molecule has 0 aliphatic heterocycles. The third-order valence-electron chi connectivity index (χ3n) is 3.32. The topological polar surface area (TPSA) is 48.6 Å². The molecule has 0 radical (unpaired) electrons. The minimum Gasteiger partial charge on any atom is -0.481 e. The molecule has 0 atom stereocenters. The van der Waals surface area contributed by atoms with Gasteiger partial charge in [0.25, 0.3) is 0 Å². The summed E-state index contributed by atoms with van der Waals surface area (Å²) in [4.78, 5) is 11.0. The Morgan fingerprint density at radius 2 is 1.27 bits per heavy atom. The van der Waals surface area contributed by atoms with E-state index in [1.165, 1.54) is 0 Å². The molecule has 0 bridgehead atoms. The first-order chi connectivity index (χ1) is 10.7. The largest absolute Gasteiger partial charge is 0.481 e. The van der Waals surface area contributed by atoms with Crippen molar-refractivity contribution in [3.05, 3.63) is 78.4 Å². The molecule has 0 saturated heterocycles. The van der Waals surface area contributed by atoms with E-state index in [2.05, 4.69) is 0 Å². The highest BCUT2D eigenvalue weighted by Crippen LogP contribution is 2.28. The van der Waals surface area contributed by atoms with Crippen LogP contribution in [0.1, 0.15) is 5.56 Å². The highest BCUT2D eigenvalue weighted by molar-refractivity contribution is 5.72. The van der Waals surface area contributed by atoms with Crippen LogP contribution in [0.15, 0.2) is 77.2 Å². The van der Waals surface area contributed by atoms with Crippen molar-refractivity contribution in [1.29, 1.82) is 0 Å². The third-order valence-corrected chi connectivity index (χ3v) is 3.32. The Morgan fingerprint density at radius 3 is 1.68 bits per heavy atom. The van der Waals surface area contributed by atoms with Crippen molar-refractivity contribution < 1.29 is 14.3 Å². The van der Waals surface area contributed by atoms with Crippen molar-refractivity contribution in [2.75, 3.05) is 0 Å². The van der Waals surface area contributed by atoms with Crippen molar-refractivity contribution in [2.24, 2.45) is 0 Å². The van der Waals surface area contributed by atoms with Gasteiger partial charge >= 0.3 is 17.5 Å². The molecule has 1 N–H and O–H groups in total. The van der Waals surface area contributed by atoms with Gasteiger partial charge in [-0.05, 0) is 29.8 Å². The molecule has 1 heterocycles. The fraction of sp³-hybridized carbons (Fsp3) is 0.0526. The van der Waals surface area contributed by atoms with Crippen LogP contribution in [0, 0.1) is 0 Å². The van der Waals surface area contributed by atoms with Gasteiger partial charge in [0, 0.05) is 12.1 Å². The minimum atomic E-state index is -0.857. The van der Waals surface area contributed by atoms with E-state index in [9.17, 15) is 4.79 Å². The van der Waals surface area contributed by atoms with Crippen LogP contribution in [-0.4, -0.2) is 11.1 Å². The molecular weight excluding hydrogens is 276 g/mol. The van der Waals surface area contributed by atoms with Crippen molar-refractivity contribution in [3.8, 4) is 22.6 Å². The van der Waals surface area contributed by atoms with Crippen LogP contribution in [0.3, 0.4) is 0 Å². The second-order valence-electron chi connectivity index (χ2n) is 5.00. The van der Waals surface area contributed by atoms with Gasteiger partial charge < -0.3 is 5.11 Å². The van der Waals surface area contributed by atoms with Gasteiger partial charge in [-0.25, -0.2) is 4.42 Å². The number of hydrogen-bond acceptors (Lipinski definition) is 1. The fourth-order valence-electron chi connectivity index (χ4n) is 2.32. The number of aliphatic carboxylic acids is 1. The molecule has 2 aromatic carbocycles. The van der Waals surface area contributed by atoms with Crippen molar-refractivity contribution in [1.82, 2.24) is 0 Å². The maximum absolute atomic E-state index is 11.0. The minimum absolute atomic E-state index is 0.0317. The predicted molar refractivity (Wildman–Crippen MR) is 85.3 cm³/mol. The molecule has 0 aliphatic rings.